The Morgan fingerprint density at radius 3 is 1.52 bits per heavy atom. The van der Waals surface area contributed by atoms with Crippen molar-refractivity contribution >= 4 is 23.5 Å². The van der Waals surface area contributed by atoms with E-state index in [-0.39, 0.29) is 5.78 Å². The summed E-state index contributed by atoms with van der Waals surface area (Å²) >= 11 is 0. The summed E-state index contributed by atoms with van der Waals surface area (Å²) in [5.74, 6) is 0.0247. The molecule has 27 heavy (non-hydrogen) atoms. The second kappa shape index (κ2) is 7.29. The van der Waals surface area contributed by atoms with Crippen LogP contribution in [0.2, 0.25) is 0 Å². The van der Waals surface area contributed by atoms with Crippen LogP contribution in [0.3, 0.4) is 0 Å². The molecule has 0 spiro atoms. The SMILES string of the molecule is O=C(c1ccccc1)C1(P(=O)(c2ccccc2)c2ccccc2)CCCC1. The molecule has 0 heterocycles. The average molecular weight is 374 g/mol. The molecule has 1 aliphatic carbocycles. The number of rotatable bonds is 5. The fourth-order valence-electron chi connectivity index (χ4n) is 4.42. The molecule has 0 radical (unpaired) electrons. The molecule has 3 aromatic carbocycles. The van der Waals surface area contributed by atoms with Crippen LogP contribution < -0.4 is 10.6 Å². The van der Waals surface area contributed by atoms with Gasteiger partial charge in [-0.1, -0.05) is 104 Å². The summed E-state index contributed by atoms with van der Waals surface area (Å²) in [6.07, 6.45) is 3.20. The van der Waals surface area contributed by atoms with Gasteiger partial charge in [0.05, 0.1) is 5.16 Å². The molecule has 0 amide bonds. The van der Waals surface area contributed by atoms with E-state index in [1.807, 2.05) is 91.0 Å². The van der Waals surface area contributed by atoms with Gasteiger partial charge < -0.3 is 4.57 Å². The van der Waals surface area contributed by atoms with Crippen LogP contribution in [0.1, 0.15) is 36.0 Å². The number of hydrogen-bond donors (Lipinski definition) is 0. The van der Waals surface area contributed by atoms with Gasteiger partial charge in [0, 0.05) is 16.2 Å². The van der Waals surface area contributed by atoms with Gasteiger partial charge in [0.2, 0.25) is 0 Å². The molecule has 3 aromatic rings. The molecule has 4 rings (SSSR count). The van der Waals surface area contributed by atoms with Gasteiger partial charge in [-0.25, -0.2) is 0 Å². The highest BCUT2D eigenvalue weighted by Gasteiger charge is 2.56. The number of Topliss-reactive ketones (excluding diaryl/α,β-unsaturated/α-hetero) is 1. The third-order valence-corrected chi connectivity index (χ3v) is 9.64. The van der Waals surface area contributed by atoms with Crippen molar-refractivity contribution in [1.29, 1.82) is 0 Å². The maximum absolute atomic E-state index is 14.9. The summed E-state index contributed by atoms with van der Waals surface area (Å²) in [6.45, 7) is 0. The van der Waals surface area contributed by atoms with E-state index >= 15 is 0 Å². The fraction of sp³-hybridized carbons (Fsp3) is 0.208. The first-order valence-corrected chi connectivity index (χ1v) is 11.2. The normalized spacial score (nSPS) is 16.1. The van der Waals surface area contributed by atoms with Crippen molar-refractivity contribution in [2.75, 3.05) is 0 Å². The molecule has 0 atom stereocenters. The third-order valence-electron chi connectivity index (χ3n) is 5.73. The van der Waals surface area contributed by atoms with Crippen molar-refractivity contribution in [3.8, 4) is 0 Å². The van der Waals surface area contributed by atoms with Crippen LogP contribution in [0.25, 0.3) is 0 Å². The van der Waals surface area contributed by atoms with Gasteiger partial charge in [-0.05, 0) is 12.8 Å². The van der Waals surface area contributed by atoms with E-state index in [4.69, 9.17) is 0 Å². The average Bonchev–Trinajstić information content (AvgIpc) is 3.26. The molecule has 3 heteroatoms. The number of hydrogen-bond acceptors (Lipinski definition) is 2. The summed E-state index contributed by atoms with van der Waals surface area (Å²) < 4.78 is 14.9. The van der Waals surface area contributed by atoms with Crippen LogP contribution in [-0.4, -0.2) is 10.9 Å². The first-order valence-electron chi connectivity index (χ1n) is 9.50. The number of carbonyl (C=O) groups excluding carboxylic acids is 1. The Morgan fingerprint density at radius 2 is 1.07 bits per heavy atom. The predicted octanol–water partition coefficient (Wildman–Crippen LogP) is 5.20. The Bertz CT molecular complexity index is 916. The van der Waals surface area contributed by atoms with Gasteiger partial charge in [0.1, 0.15) is 0 Å². The third kappa shape index (κ3) is 2.89. The molecule has 0 saturated heterocycles. The Morgan fingerprint density at radius 1 is 0.667 bits per heavy atom. The maximum Gasteiger partial charge on any atom is 0.176 e. The second-order valence-electron chi connectivity index (χ2n) is 7.21. The van der Waals surface area contributed by atoms with Gasteiger partial charge in [-0.3, -0.25) is 4.79 Å². The Balaban J connectivity index is 1.97. The van der Waals surface area contributed by atoms with E-state index in [1.165, 1.54) is 0 Å². The second-order valence-corrected chi connectivity index (χ2v) is 10.3. The van der Waals surface area contributed by atoms with Crippen LogP contribution >= 0.6 is 7.14 Å². The van der Waals surface area contributed by atoms with Gasteiger partial charge in [-0.15, -0.1) is 0 Å². The highest BCUT2D eigenvalue weighted by atomic mass is 31.2. The molecule has 0 unspecified atom stereocenters. The number of carbonyl (C=O) groups is 1. The summed E-state index contributed by atoms with van der Waals surface area (Å²) in [7, 11) is -3.17. The highest BCUT2D eigenvalue weighted by Crippen LogP contribution is 2.63. The van der Waals surface area contributed by atoms with Crippen molar-refractivity contribution < 1.29 is 9.36 Å². The minimum atomic E-state index is -3.17. The smallest absolute Gasteiger partial charge is 0.176 e. The van der Waals surface area contributed by atoms with Crippen LogP contribution in [-0.2, 0) is 4.57 Å². The molecule has 136 valence electrons. The molecule has 0 bridgehead atoms. The topological polar surface area (TPSA) is 34.1 Å². The molecule has 0 N–H and O–H groups in total. The minimum absolute atomic E-state index is 0.0247. The molecule has 0 aliphatic heterocycles. The quantitative estimate of drug-likeness (QED) is 0.455. The van der Waals surface area contributed by atoms with E-state index < -0.39 is 12.3 Å². The lowest BCUT2D eigenvalue weighted by Gasteiger charge is -2.37. The number of benzene rings is 3. The summed E-state index contributed by atoms with van der Waals surface area (Å²) in [6, 6.07) is 28.6. The lowest BCUT2D eigenvalue weighted by molar-refractivity contribution is 0.0940. The standard InChI is InChI=1S/C24H23O2P/c25-23(20-12-4-1-5-13-20)24(18-10-11-19-24)27(26,21-14-6-2-7-15-21)22-16-8-3-9-17-22/h1-9,12-17H,10-11,18-19H2. The fourth-order valence-corrected chi connectivity index (χ4v) is 8.25. The molecular weight excluding hydrogens is 351 g/mol. The van der Waals surface area contributed by atoms with Gasteiger partial charge >= 0.3 is 0 Å². The summed E-state index contributed by atoms with van der Waals surface area (Å²) in [5, 5.41) is 0.696. The van der Waals surface area contributed by atoms with E-state index in [0.29, 0.717) is 18.4 Å². The molecule has 0 aromatic heterocycles. The van der Waals surface area contributed by atoms with Gasteiger partial charge in [0.15, 0.2) is 12.9 Å². The summed E-state index contributed by atoms with van der Waals surface area (Å²) in [5.41, 5.74) is 0.659. The lowest BCUT2D eigenvalue weighted by atomic mass is 9.95. The van der Waals surface area contributed by atoms with Crippen LogP contribution in [0.15, 0.2) is 91.0 Å². The van der Waals surface area contributed by atoms with Crippen LogP contribution in [0.4, 0.5) is 0 Å². The van der Waals surface area contributed by atoms with Crippen molar-refractivity contribution in [3.05, 3.63) is 96.6 Å². The van der Waals surface area contributed by atoms with Crippen LogP contribution in [0.5, 0.6) is 0 Å². The molecule has 1 fully saturated rings. The van der Waals surface area contributed by atoms with E-state index in [2.05, 4.69) is 0 Å². The van der Waals surface area contributed by atoms with Crippen molar-refractivity contribution in [2.45, 2.75) is 30.8 Å². The van der Waals surface area contributed by atoms with Gasteiger partial charge in [0.25, 0.3) is 0 Å². The zero-order valence-electron chi connectivity index (χ0n) is 15.3. The molecule has 2 nitrogen and oxygen atoms in total. The zero-order chi connectivity index (χ0) is 18.7. The Kier molecular flexibility index (Phi) is 4.85. The first kappa shape index (κ1) is 17.9. The number of ketones is 1. The van der Waals surface area contributed by atoms with E-state index in [0.717, 1.165) is 23.5 Å². The molecular formula is C24H23O2P. The minimum Gasteiger partial charge on any atom is -0.313 e. The Labute approximate surface area is 160 Å². The monoisotopic (exact) mass is 374 g/mol. The maximum atomic E-state index is 14.9. The van der Waals surface area contributed by atoms with Crippen molar-refractivity contribution in [2.24, 2.45) is 0 Å². The van der Waals surface area contributed by atoms with E-state index in [9.17, 15) is 9.36 Å². The summed E-state index contributed by atoms with van der Waals surface area (Å²) in [4.78, 5) is 13.8. The highest BCUT2D eigenvalue weighted by molar-refractivity contribution is 7.81. The van der Waals surface area contributed by atoms with Gasteiger partial charge in [-0.2, -0.15) is 0 Å². The first-order chi connectivity index (χ1) is 13.2. The Hall–Kier alpha value is -2.44. The molecule has 1 saturated carbocycles. The largest absolute Gasteiger partial charge is 0.313 e. The molecule has 1 aliphatic rings. The van der Waals surface area contributed by atoms with Crippen molar-refractivity contribution in [1.82, 2.24) is 0 Å². The van der Waals surface area contributed by atoms with Crippen LogP contribution in [0, 0.1) is 0 Å². The lowest BCUT2D eigenvalue weighted by Crippen LogP contribution is -2.43. The van der Waals surface area contributed by atoms with E-state index in [1.54, 1.807) is 0 Å². The predicted molar refractivity (Wildman–Crippen MR) is 112 cm³/mol. The van der Waals surface area contributed by atoms with Crippen molar-refractivity contribution in [3.63, 3.8) is 0 Å². The zero-order valence-corrected chi connectivity index (χ0v) is 16.1.